The number of nitrogens with one attached hydrogen (secondary N) is 1. The number of nitrogens with zero attached hydrogens (tertiary/aromatic N) is 1. The van der Waals surface area contributed by atoms with Crippen molar-refractivity contribution in [2.45, 2.75) is 117 Å². The first kappa shape index (κ1) is 28.9. The highest BCUT2D eigenvalue weighted by Gasteiger charge is 2.31. The number of aryl methyl sites for hydroxylation is 1. The van der Waals surface area contributed by atoms with E-state index in [1.54, 1.807) is 13.4 Å². The Morgan fingerprint density at radius 1 is 0.914 bits per heavy atom. The van der Waals surface area contributed by atoms with Crippen LogP contribution in [-0.4, -0.2) is 26.0 Å². The third-order valence-electron chi connectivity index (χ3n) is 6.88. The second-order valence-electron chi connectivity index (χ2n) is 9.61. The third-order valence-corrected chi connectivity index (χ3v) is 6.88. The zero-order chi connectivity index (χ0) is 25.3. The maximum absolute atomic E-state index is 12.8. The quantitative estimate of drug-likeness (QED) is 0.170. The van der Waals surface area contributed by atoms with Crippen molar-refractivity contribution in [3.63, 3.8) is 0 Å². The van der Waals surface area contributed by atoms with E-state index in [1.165, 1.54) is 82.6 Å². The van der Waals surface area contributed by atoms with Crippen molar-refractivity contribution in [2.24, 2.45) is 4.99 Å². The van der Waals surface area contributed by atoms with Gasteiger partial charge in [0, 0.05) is 11.3 Å². The molecule has 5 heteroatoms. The van der Waals surface area contributed by atoms with E-state index in [0.29, 0.717) is 12.2 Å². The number of methoxy groups -OCH3 is 1. The van der Waals surface area contributed by atoms with Crippen molar-refractivity contribution in [1.29, 1.82) is 0 Å². The van der Waals surface area contributed by atoms with Gasteiger partial charge in [-0.2, -0.15) is 0 Å². The lowest BCUT2D eigenvalue weighted by Gasteiger charge is -2.25. The molecule has 0 aromatic heterocycles. The molecule has 0 fully saturated rings. The van der Waals surface area contributed by atoms with Crippen LogP contribution in [0.4, 0.5) is 0 Å². The Labute approximate surface area is 213 Å². The van der Waals surface area contributed by atoms with Gasteiger partial charge < -0.3 is 14.8 Å². The highest BCUT2D eigenvalue weighted by molar-refractivity contribution is 5.93. The molecule has 5 nitrogen and oxygen atoms in total. The average molecular weight is 485 g/mol. The van der Waals surface area contributed by atoms with Crippen molar-refractivity contribution in [3.05, 3.63) is 40.6 Å². The first-order valence-electron chi connectivity index (χ1n) is 14.0. The zero-order valence-corrected chi connectivity index (χ0v) is 22.7. The second-order valence-corrected chi connectivity index (χ2v) is 9.61. The monoisotopic (exact) mass is 484 g/mol. The molecule has 0 bridgehead atoms. The van der Waals surface area contributed by atoms with E-state index in [4.69, 9.17) is 9.47 Å². The molecule has 0 amide bonds. The summed E-state index contributed by atoms with van der Waals surface area (Å²) in [5, 5.41) is 3.07. The Morgan fingerprint density at radius 3 is 2.09 bits per heavy atom. The highest BCUT2D eigenvalue weighted by atomic mass is 16.5. The molecule has 1 heterocycles. The van der Waals surface area contributed by atoms with Gasteiger partial charge in [-0.3, -0.25) is 4.99 Å². The Bertz CT molecular complexity index is 816. The van der Waals surface area contributed by atoms with Crippen molar-refractivity contribution < 1.29 is 14.3 Å². The minimum absolute atomic E-state index is 0.322. The van der Waals surface area contributed by atoms with Crippen LogP contribution < -0.4 is 10.1 Å². The molecule has 0 saturated carbocycles. The van der Waals surface area contributed by atoms with E-state index in [2.05, 4.69) is 23.3 Å². The second kappa shape index (κ2) is 17.2. The molecule has 2 rings (SSSR count). The number of carbonyl (C=O) groups is 1. The van der Waals surface area contributed by atoms with Gasteiger partial charge >= 0.3 is 5.97 Å². The van der Waals surface area contributed by atoms with Gasteiger partial charge in [0.1, 0.15) is 11.8 Å². The standard InChI is InChI=1S/C30H48N2O3/c1-5-7-8-9-10-11-12-13-14-15-16-17-18-20-25-21-19-22-26(34-4)28(25)29-27(30(33)35-6-2)24(3)31-23-32-29/h19,21-23,29H,5-18,20H2,1-4H3,(H,31,32). The van der Waals surface area contributed by atoms with Crippen LogP contribution in [-0.2, 0) is 16.0 Å². The summed E-state index contributed by atoms with van der Waals surface area (Å²) in [6.07, 6.45) is 20.1. The number of allylic oxidation sites excluding steroid dienone is 1. The fourth-order valence-corrected chi connectivity index (χ4v) is 4.89. The molecule has 1 atom stereocenters. The van der Waals surface area contributed by atoms with Gasteiger partial charge in [-0.05, 0) is 38.3 Å². The van der Waals surface area contributed by atoms with E-state index < -0.39 is 6.04 Å². The fourth-order valence-electron chi connectivity index (χ4n) is 4.89. The lowest BCUT2D eigenvalue weighted by atomic mass is 9.89. The summed E-state index contributed by atoms with van der Waals surface area (Å²) in [4.78, 5) is 17.4. The van der Waals surface area contributed by atoms with Crippen LogP contribution in [0.5, 0.6) is 5.75 Å². The number of rotatable bonds is 18. The minimum Gasteiger partial charge on any atom is -0.496 e. The number of aliphatic imine (C=N–C) groups is 1. The van der Waals surface area contributed by atoms with E-state index in [1.807, 2.05) is 26.0 Å². The third kappa shape index (κ3) is 9.70. The topological polar surface area (TPSA) is 59.9 Å². The molecular weight excluding hydrogens is 436 g/mol. The van der Waals surface area contributed by atoms with Gasteiger partial charge in [0.15, 0.2) is 0 Å². The Morgan fingerprint density at radius 2 is 1.51 bits per heavy atom. The van der Waals surface area contributed by atoms with Crippen molar-refractivity contribution >= 4 is 12.3 Å². The molecule has 1 aliphatic heterocycles. The summed E-state index contributed by atoms with van der Waals surface area (Å²) in [7, 11) is 1.68. The van der Waals surface area contributed by atoms with Crippen LogP contribution in [0.3, 0.4) is 0 Å². The Balaban J connectivity index is 1.85. The molecule has 0 radical (unpaired) electrons. The molecule has 1 aromatic carbocycles. The average Bonchev–Trinajstić information content (AvgIpc) is 2.86. The van der Waals surface area contributed by atoms with Crippen LogP contribution in [0.25, 0.3) is 0 Å². The summed E-state index contributed by atoms with van der Waals surface area (Å²) in [5.41, 5.74) is 3.52. The van der Waals surface area contributed by atoms with Gasteiger partial charge in [-0.25, -0.2) is 4.79 Å². The molecular formula is C30H48N2O3. The number of hydrogen-bond donors (Lipinski definition) is 1. The summed E-state index contributed by atoms with van der Waals surface area (Å²) in [5.74, 6) is 0.452. The fraction of sp³-hybridized carbons (Fsp3) is 0.667. The lowest BCUT2D eigenvalue weighted by molar-refractivity contribution is -0.138. The van der Waals surface area contributed by atoms with Crippen LogP contribution in [0.2, 0.25) is 0 Å². The molecule has 1 unspecified atom stereocenters. The number of unbranched alkanes of at least 4 members (excludes halogenated alkanes) is 12. The van der Waals surface area contributed by atoms with Gasteiger partial charge in [0.2, 0.25) is 0 Å². The summed E-state index contributed by atoms with van der Waals surface area (Å²) in [6.45, 7) is 6.33. The maximum Gasteiger partial charge on any atom is 0.338 e. The SMILES string of the molecule is CCCCCCCCCCCCCCCc1cccc(OC)c1C1N=CNC(C)=C1C(=O)OCC. The maximum atomic E-state index is 12.8. The van der Waals surface area contributed by atoms with Crippen molar-refractivity contribution in [1.82, 2.24) is 5.32 Å². The Kier molecular flexibility index (Phi) is 14.2. The predicted molar refractivity (Wildman–Crippen MR) is 146 cm³/mol. The van der Waals surface area contributed by atoms with Crippen LogP contribution in [0.1, 0.15) is 121 Å². The number of carbonyl (C=O) groups excluding carboxylic acids is 1. The highest BCUT2D eigenvalue weighted by Crippen LogP contribution is 2.38. The molecule has 1 aliphatic rings. The predicted octanol–water partition coefficient (Wildman–Crippen LogP) is 7.84. The zero-order valence-electron chi connectivity index (χ0n) is 22.7. The summed E-state index contributed by atoms with van der Waals surface area (Å²) >= 11 is 0. The van der Waals surface area contributed by atoms with Crippen LogP contribution in [0.15, 0.2) is 34.5 Å². The first-order valence-corrected chi connectivity index (χ1v) is 14.0. The van der Waals surface area contributed by atoms with E-state index >= 15 is 0 Å². The van der Waals surface area contributed by atoms with Crippen molar-refractivity contribution in [2.75, 3.05) is 13.7 Å². The van der Waals surface area contributed by atoms with Gasteiger partial charge in [-0.1, -0.05) is 96.1 Å². The van der Waals surface area contributed by atoms with Gasteiger partial charge in [-0.15, -0.1) is 0 Å². The van der Waals surface area contributed by atoms with E-state index in [0.717, 1.165) is 29.9 Å². The largest absolute Gasteiger partial charge is 0.496 e. The molecule has 196 valence electrons. The molecule has 0 spiro atoms. The number of benzene rings is 1. The molecule has 35 heavy (non-hydrogen) atoms. The molecule has 0 aliphatic carbocycles. The minimum atomic E-state index is -0.413. The van der Waals surface area contributed by atoms with Gasteiger partial charge in [0.25, 0.3) is 0 Å². The van der Waals surface area contributed by atoms with Gasteiger partial charge in [0.05, 0.1) is 25.6 Å². The lowest BCUT2D eigenvalue weighted by Crippen LogP contribution is -2.26. The normalized spacial score (nSPS) is 15.3. The number of esters is 1. The van der Waals surface area contributed by atoms with E-state index in [9.17, 15) is 4.79 Å². The summed E-state index contributed by atoms with van der Waals surface area (Å²) < 4.78 is 11.1. The molecule has 1 aromatic rings. The van der Waals surface area contributed by atoms with Crippen molar-refractivity contribution in [3.8, 4) is 5.75 Å². The van der Waals surface area contributed by atoms with E-state index in [-0.39, 0.29) is 5.97 Å². The smallest absolute Gasteiger partial charge is 0.338 e. The molecule has 0 saturated heterocycles. The number of ether oxygens (including phenoxy) is 2. The first-order chi connectivity index (χ1) is 17.1. The van der Waals surface area contributed by atoms with Crippen LogP contribution in [0, 0.1) is 0 Å². The van der Waals surface area contributed by atoms with Crippen LogP contribution >= 0.6 is 0 Å². The summed E-state index contributed by atoms with van der Waals surface area (Å²) in [6, 6.07) is 5.72. The Hall–Kier alpha value is -2.30. The molecule has 1 N–H and O–H groups in total. The number of hydrogen-bond acceptors (Lipinski definition) is 5.